The van der Waals surface area contributed by atoms with E-state index in [0.717, 1.165) is 0 Å². The van der Waals surface area contributed by atoms with Gasteiger partial charge < -0.3 is 14.2 Å². The molecule has 4 nitrogen and oxygen atoms in total. The fraction of sp³-hybridized carbons (Fsp3) is 0.471. The summed E-state index contributed by atoms with van der Waals surface area (Å²) in [6.07, 6.45) is 2.15. The number of rotatable bonds is 3. The topological polar surface area (TPSA) is 44.8 Å². The molecule has 1 fully saturated rings. The third-order valence-corrected chi connectivity index (χ3v) is 4.93. The van der Waals surface area contributed by atoms with Gasteiger partial charge in [-0.1, -0.05) is 25.5 Å². The zero-order valence-corrected chi connectivity index (χ0v) is 14.7. The molecule has 1 aromatic rings. The minimum absolute atomic E-state index is 0.0584. The Morgan fingerprint density at radius 3 is 2.59 bits per heavy atom. The van der Waals surface area contributed by atoms with Crippen molar-refractivity contribution in [2.45, 2.75) is 27.7 Å². The second-order valence-corrected chi connectivity index (χ2v) is 7.48. The van der Waals surface area contributed by atoms with Crippen molar-refractivity contribution < 1.29 is 19.0 Å². The van der Waals surface area contributed by atoms with E-state index in [1.54, 1.807) is 12.1 Å². The molecular formula is C17H19BrO4. The van der Waals surface area contributed by atoms with Gasteiger partial charge in [0.05, 0.1) is 10.4 Å². The molecule has 3 rings (SSSR count). The Kier molecular flexibility index (Phi) is 3.71. The molecule has 1 saturated carbocycles. The van der Waals surface area contributed by atoms with Crippen LogP contribution in [0.25, 0.3) is 0 Å². The molecule has 0 aromatic heterocycles. The Labute approximate surface area is 138 Å². The molecule has 1 aliphatic heterocycles. The smallest absolute Gasteiger partial charge is 0.315 e. The summed E-state index contributed by atoms with van der Waals surface area (Å²) >= 11 is 3.41. The van der Waals surface area contributed by atoms with Crippen LogP contribution in [0, 0.1) is 17.3 Å². The first-order chi connectivity index (χ1) is 10.3. The Balaban J connectivity index is 1.77. The van der Waals surface area contributed by atoms with Gasteiger partial charge in [0.25, 0.3) is 0 Å². The molecule has 0 radical (unpaired) electrons. The largest absolute Gasteiger partial charge is 0.454 e. The number of esters is 1. The Morgan fingerprint density at radius 2 is 1.95 bits per heavy atom. The highest BCUT2D eigenvalue weighted by atomic mass is 79.9. The van der Waals surface area contributed by atoms with Crippen molar-refractivity contribution in [1.82, 2.24) is 0 Å². The van der Waals surface area contributed by atoms with Gasteiger partial charge in [-0.05, 0) is 41.1 Å². The normalized spacial score (nSPS) is 23.9. The molecule has 2 atom stereocenters. The van der Waals surface area contributed by atoms with Crippen LogP contribution in [-0.2, 0) is 4.79 Å². The maximum absolute atomic E-state index is 12.5. The van der Waals surface area contributed by atoms with Crippen LogP contribution < -0.4 is 14.2 Å². The summed E-state index contributed by atoms with van der Waals surface area (Å²) in [5.41, 5.74) is 1.16. The Morgan fingerprint density at radius 1 is 1.32 bits per heavy atom. The van der Waals surface area contributed by atoms with Crippen molar-refractivity contribution in [3.8, 4) is 17.2 Å². The number of fused-ring (bicyclic) bond motifs is 1. The summed E-state index contributed by atoms with van der Waals surface area (Å²) in [5, 5.41) is 0. The molecule has 0 bridgehead atoms. The predicted octanol–water partition coefficient (Wildman–Crippen LogP) is 4.32. The van der Waals surface area contributed by atoms with E-state index < -0.39 is 0 Å². The van der Waals surface area contributed by atoms with Crippen molar-refractivity contribution in [2.75, 3.05) is 6.79 Å². The van der Waals surface area contributed by atoms with Gasteiger partial charge in [-0.3, -0.25) is 4.79 Å². The second-order valence-electron chi connectivity index (χ2n) is 6.63. The minimum atomic E-state index is -0.202. The van der Waals surface area contributed by atoms with Crippen LogP contribution in [0.2, 0.25) is 0 Å². The summed E-state index contributed by atoms with van der Waals surface area (Å²) in [6.45, 7) is 8.48. The van der Waals surface area contributed by atoms with E-state index in [2.05, 4.69) is 35.9 Å². The fourth-order valence-corrected chi connectivity index (χ4v) is 3.35. The van der Waals surface area contributed by atoms with Crippen molar-refractivity contribution in [1.29, 1.82) is 0 Å². The first-order valence-corrected chi connectivity index (χ1v) is 8.06. The number of carbonyl (C=O) groups excluding carboxylic acids is 1. The summed E-state index contributed by atoms with van der Waals surface area (Å²) in [5.74, 6) is 1.64. The summed E-state index contributed by atoms with van der Waals surface area (Å²) in [7, 11) is 0. The highest BCUT2D eigenvalue weighted by Gasteiger charge is 2.61. The van der Waals surface area contributed by atoms with Crippen LogP contribution in [-0.4, -0.2) is 12.8 Å². The molecule has 0 saturated heterocycles. The summed E-state index contributed by atoms with van der Waals surface area (Å²) in [4.78, 5) is 12.5. The van der Waals surface area contributed by atoms with Crippen LogP contribution in [0.1, 0.15) is 27.7 Å². The number of hydrogen-bond acceptors (Lipinski definition) is 4. The van der Waals surface area contributed by atoms with Gasteiger partial charge in [-0.15, -0.1) is 0 Å². The lowest BCUT2D eigenvalue weighted by Crippen LogP contribution is -2.14. The average Bonchev–Trinajstić information content (AvgIpc) is 2.76. The molecule has 1 aliphatic carbocycles. The molecule has 2 aliphatic rings. The lowest BCUT2D eigenvalue weighted by Gasteiger charge is -2.08. The number of hydrogen-bond donors (Lipinski definition) is 0. The minimum Gasteiger partial charge on any atom is -0.454 e. The van der Waals surface area contributed by atoms with E-state index in [9.17, 15) is 4.79 Å². The van der Waals surface area contributed by atoms with Gasteiger partial charge in [0, 0.05) is 12.1 Å². The maximum Gasteiger partial charge on any atom is 0.315 e. The fourth-order valence-electron chi connectivity index (χ4n) is 2.95. The van der Waals surface area contributed by atoms with Crippen molar-refractivity contribution in [2.24, 2.45) is 17.3 Å². The van der Waals surface area contributed by atoms with E-state index in [4.69, 9.17) is 14.2 Å². The van der Waals surface area contributed by atoms with E-state index in [-0.39, 0.29) is 30.0 Å². The van der Waals surface area contributed by atoms with Crippen molar-refractivity contribution >= 4 is 21.9 Å². The lowest BCUT2D eigenvalue weighted by molar-refractivity contribution is -0.136. The van der Waals surface area contributed by atoms with Gasteiger partial charge in [-0.25, -0.2) is 0 Å². The molecule has 22 heavy (non-hydrogen) atoms. The molecule has 0 amide bonds. The van der Waals surface area contributed by atoms with E-state index in [0.29, 0.717) is 21.7 Å². The van der Waals surface area contributed by atoms with Gasteiger partial charge in [-0.2, -0.15) is 0 Å². The van der Waals surface area contributed by atoms with Crippen LogP contribution in [0.15, 0.2) is 28.3 Å². The standard InChI is InChI=1S/C17H19BrO4/c1-9(2)5-10-15(17(10,3)4)16(19)22-12-7-14-13(6-11(12)18)20-8-21-14/h5-7,10,15H,8H2,1-4H3/t10-,15+/m0/s1. The van der Waals surface area contributed by atoms with Gasteiger partial charge in [0.1, 0.15) is 5.75 Å². The van der Waals surface area contributed by atoms with Gasteiger partial charge in [0.2, 0.25) is 6.79 Å². The highest BCUT2D eigenvalue weighted by Crippen LogP contribution is 2.60. The van der Waals surface area contributed by atoms with E-state index in [1.807, 2.05) is 13.8 Å². The number of ether oxygens (including phenoxy) is 3. The molecule has 5 heteroatoms. The van der Waals surface area contributed by atoms with Crippen LogP contribution >= 0.6 is 15.9 Å². The van der Waals surface area contributed by atoms with Crippen molar-refractivity contribution in [3.63, 3.8) is 0 Å². The number of carbonyl (C=O) groups is 1. The van der Waals surface area contributed by atoms with Gasteiger partial charge >= 0.3 is 5.97 Å². The van der Waals surface area contributed by atoms with E-state index in [1.165, 1.54) is 5.57 Å². The highest BCUT2D eigenvalue weighted by molar-refractivity contribution is 9.10. The van der Waals surface area contributed by atoms with E-state index >= 15 is 0 Å². The summed E-state index contributed by atoms with van der Waals surface area (Å²) < 4.78 is 16.9. The first kappa shape index (κ1) is 15.4. The molecule has 0 unspecified atom stereocenters. The SMILES string of the molecule is CC(C)=C[C@H]1[C@H](C(=O)Oc2cc3c(cc2Br)OCO3)C1(C)C. The average molecular weight is 367 g/mol. The number of halogens is 1. The number of benzene rings is 1. The lowest BCUT2D eigenvalue weighted by atomic mass is 10.1. The van der Waals surface area contributed by atoms with Crippen LogP contribution in [0.3, 0.4) is 0 Å². The quantitative estimate of drug-likeness (QED) is 0.453. The van der Waals surface area contributed by atoms with Crippen molar-refractivity contribution in [3.05, 3.63) is 28.3 Å². The third kappa shape index (κ3) is 2.62. The second kappa shape index (κ2) is 5.30. The maximum atomic E-state index is 12.5. The molecular weight excluding hydrogens is 348 g/mol. The third-order valence-electron chi connectivity index (χ3n) is 4.32. The van der Waals surface area contributed by atoms with Gasteiger partial charge in [0.15, 0.2) is 11.5 Å². The number of allylic oxidation sites excluding steroid dienone is 2. The zero-order valence-electron chi connectivity index (χ0n) is 13.1. The zero-order chi connectivity index (χ0) is 16.1. The molecule has 118 valence electrons. The monoisotopic (exact) mass is 366 g/mol. The molecule has 1 aromatic carbocycles. The predicted molar refractivity (Wildman–Crippen MR) is 86.1 cm³/mol. The van der Waals surface area contributed by atoms with Crippen LogP contribution in [0.4, 0.5) is 0 Å². The molecule has 1 heterocycles. The summed E-state index contributed by atoms with van der Waals surface area (Å²) in [6, 6.07) is 3.45. The first-order valence-electron chi connectivity index (χ1n) is 7.26. The molecule has 0 N–H and O–H groups in total. The molecule has 0 spiro atoms. The Hall–Kier alpha value is -1.49. The Bertz CT molecular complexity index is 659. The van der Waals surface area contributed by atoms with Crippen LogP contribution in [0.5, 0.6) is 17.2 Å².